The van der Waals surface area contributed by atoms with Gasteiger partial charge >= 0.3 is 5.97 Å². The molecule has 5 nitrogen and oxygen atoms in total. The van der Waals surface area contributed by atoms with E-state index < -0.39 is 5.97 Å². The van der Waals surface area contributed by atoms with Crippen LogP contribution in [0.5, 0.6) is 0 Å². The number of esters is 1. The number of nitriles is 1. The summed E-state index contributed by atoms with van der Waals surface area (Å²) >= 11 is 5.93. The Balaban J connectivity index is 2.43. The van der Waals surface area contributed by atoms with Crippen LogP contribution in [0.15, 0.2) is 30.3 Å². The largest absolute Gasteiger partial charge is 0.452 e. The molecule has 1 aromatic carbocycles. The van der Waals surface area contributed by atoms with Gasteiger partial charge in [0.05, 0.1) is 12.5 Å². The van der Waals surface area contributed by atoms with Crippen LogP contribution < -0.4 is 0 Å². The van der Waals surface area contributed by atoms with Crippen molar-refractivity contribution in [3.05, 3.63) is 40.9 Å². The molecule has 0 saturated carbocycles. The van der Waals surface area contributed by atoms with Crippen LogP contribution in [0, 0.1) is 11.3 Å². The Hall–Kier alpha value is -2.32. The Morgan fingerprint density at radius 3 is 2.81 bits per heavy atom. The molecule has 6 heteroatoms. The second-order valence-electron chi connectivity index (χ2n) is 4.19. The molecule has 0 spiro atoms. The zero-order chi connectivity index (χ0) is 15.7. The number of hydrogen-bond acceptors (Lipinski definition) is 4. The zero-order valence-corrected chi connectivity index (χ0v) is 12.3. The van der Waals surface area contributed by atoms with E-state index in [4.69, 9.17) is 21.6 Å². The van der Waals surface area contributed by atoms with Crippen LogP contribution in [-0.4, -0.2) is 37.0 Å². The molecule has 1 amide bonds. The summed E-state index contributed by atoms with van der Waals surface area (Å²) < 4.78 is 4.82. The first-order valence-corrected chi connectivity index (χ1v) is 6.62. The van der Waals surface area contributed by atoms with Crippen molar-refractivity contribution < 1.29 is 14.3 Å². The molecule has 0 atom stereocenters. The zero-order valence-electron chi connectivity index (χ0n) is 11.6. The third-order valence-electron chi connectivity index (χ3n) is 2.63. The summed E-state index contributed by atoms with van der Waals surface area (Å²) in [6, 6.07) is 8.98. The predicted molar refractivity (Wildman–Crippen MR) is 79.3 cm³/mol. The van der Waals surface area contributed by atoms with Crippen molar-refractivity contribution in [3.8, 4) is 6.07 Å². The van der Waals surface area contributed by atoms with Gasteiger partial charge in [-0.25, -0.2) is 4.79 Å². The lowest BCUT2D eigenvalue weighted by atomic mass is 10.2. The van der Waals surface area contributed by atoms with E-state index in [1.165, 1.54) is 17.1 Å². The fourth-order valence-corrected chi connectivity index (χ4v) is 1.60. The molecular formula is C15H15ClN2O3. The first-order valence-electron chi connectivity index (χ1n) is 6.25. The van der Waals surface area contributed by atoms with E-state index in [1.54, 1.807) is 31.3 Å². The monoisotopic (exact) mass is 306 g/mol. The third kappa shape index (κ3) is 6.11. The number of carbonyl (C=O) groups excluding carboxylic acids is 2. The first kappa shape index (κ1) is 16.7. The van der Waals surface area contributed by atoms with Gasteiger partial charge in [-0.2, -0.15) is 5.26 Å². The molecule has 0 saturated heterocycles. The van der Waals surface area contributed by atoms with Crippen LogP contribution in [0.2, 0.25) is 5.02 Å². The summed E-state index contributed by atoms with van der Waals surface area (Å²) in [5.41, 5.74) is 0.689. The molecule has 0 radical (unpaired) electrons. The molecule has 0 aliphatic heterocycles. The van der Waals surface area contributed by atoms with Crippen LogP contribution in [0.1, 0.15) is 12.0 Å². The lowest BCUT2D eigenvalue weighted by molar-refractivity contribution is -0.147. The summed E-state index contributed by atoms with van der Waals surface area (Å²) in [6.45, 7) is -0.0457. The van der Waals surface area contributed by atoms with Crippen LogP contribution in [-0.2, 0) is 14.3 Å². The summed E-state index contributed by atoms with van der Waals surface area (Å²) in [7, 11) is 1.55. The highest BCUT2D eigenvalue weighted by Crippen LogP contribution is 2.16. The molecule has 0 aromatic heterocycles. The molecule has 0 aliphatic rings. The summed E-state index contributed by atoms with van der Waals surface area (Å²) in [4.78, 5) is 24.4. The Bertz CT molecular complexity index is 579. The van der Waals surface area contributed by atoms with Crippen LogP contribution in [0.25, 0.3) is 6.08 Å². The van der Waals surface area contributed by atoms with Gasteiger partial charge in [0.15, 0.2) is 6.61 Å². The van der Waals surface area contributed by atoms with E-state index in [-0.39, 0.29) is 18.9 Å². The molecule has 0 fully saturated rings. The van der Waals surface area contributed by atoms with Crippen molar-refractivity contribution in [2.24, 2.45) is 0 Å². The van der Waals surface area contributed by atoms with Crippen molar-refractivity contribution in [3.63, 3.8) is 0 Å². The van der Waals surface area contributed by atoms with Gasteiger partial charge < -0.3 is 9.64 Å². The SMILES string of the molecule is CN(CCC#N)C(=O)COC(=O)C=Cc1ccccc1Cl. The second kappa shape index (κ2) is 8.77. The Morgan fingerprint density at radius 2 is 2.14 bits per heavy atom. The smallest absolute Gasteiger partial charge is 0.331 e. The number of hydrogen-bond donors (Lipinski definition) is 0. The Labute approximate surface area is 128 Å². The van der Waals surface area contributed by atoms with Gasteiger partial charge in [-0.3, -0.25) is 4.79 Å². The maximum Gasteiger partial charge on any atom is 0.331 e. The Morgan fingerprint density at radius 1 is 1.43 bits per heavy atom. The highest BCUT2D eigenvalue weighted by molar-refractivity contribution is 6.32. The maximum atomic E-state index is 11.6. The second-order valence-corrected chi connectivity index (χ2v) is 4.59. The highest BCUT2D eigenvalue weighted by atomic mass is 35.5. The van der Waals surface area contributed by atoms with E-state index in [0.717, 1.165) is 0 Å². The van der Waals surface area contributed by atoms with E-state index in [1.807, 2.05) is 6.07 Å². The third-order valence-corrected chi connectivity index (χ3v) is 2.97. The number of carbonyl (C=O) groups is 2. The van der Waals surface area contributed by atoms with Crippen LogP contribution >= 0.6 is 11.6 Å². The topological polar surface area (TPSA) is 70.4 Å². The number of benzene rings is 1. The van der Waals surface area contributed by atoms with Crippen molar-refractivity contribution in [1.82, 2.24) is 4.90 Å². The number of likely N-dealkylation sites (N-methyl/N-ethyl adjacent to an activating group) is 1. The van der Waals surface area contributed by atoms with Crippen molar-refractivity contribution in [2.45, 2.75) is 6.42 Å². The van der Waals surface area contributed by atoms with Gasteiger partial charge in [-0.05, 0) is 17.7 Å². The summed E-state index contributed by atoms with van der Waals surface area (Å²) in [5, 5.41) is 8.94. The molecular weight excluding hydrogens is 292 g/mol. The fraction of sp³-hybridized carbons (Fsp3) is 0.267. The van der Waals surface area contributed by atoms with Gasteiger partial charge in [0, 0.05) is 24.7 Å². The quantitative estimate of drug-likeness (QED) is 0.597. The first-order chi connectivity index (χ1) is 10.0. The van der Waals surface area contributed by atoms with Gasteiger partial charge in [-0.1, -0.05) is 29.8 Å². The van der Waals surface area contributed by atoms with Gasteiger partial charge in [-0.15, -0.1) is 0 Å². The molecule has 0 heterocycles. The number of ether oxygens (including phenoxy) is 1. The minimum absolute atomic E-state index is 0.239. The molecule has 0 bridgehead atoms. The average molecular weight is 307 g/mol. The van der Waals surface area contributed by atoms with E-state index in [9.17, 15) is 9.59 Å². The van der Waals surface area contributed by atoms with E-state index in [0.29, 0.717) is 17.1 Å². The number of nitrogens with zero attached hydrogens (tertiary/aromatic N) is 2. The van der Waals surface area contributed by atoms with E-state index in [2.05, 4.69) is 0 Å². The number of rotatable bonds is 6. The van der Waals surface area contributed by atoms with E-state index >= 15 is 0 Å². The Kier molecular flexibility index (Phi) is 6.99. The lowest BCUT2D eigenvalue weighted by Crippen LogP contribution is -2.31. The number of amides is 1. The maximum absolute atomic E-state index is 11.6. The number of halogens is 1. The summed E-state index contributed by atoms with van der Waals surface area (Å²) in [6.07, 6.45) is 2.97. The summed E-state index contributed by atoms with van der Waals surface area (Å²) in [5.74, 6) is -0.985. The van der Waals surface area contributed by atoms with Gasteiger partial charge in [0.1, 0.15) is 0 Å². The lowest BCUT2D eigenvalue weighted by Gasteiger charge is -2.14. The molecule has 0 aliphatic carbocycles. The van der Waals surface area contributed by atoms with Crippen molar-refractivity contribution >= 4 is 29.6 Å². The minimum Gasteiger partial charge on any atom is -0.452 e. The molecule has 1 aromatic rings. The van der Waals surface area contributed by atoms with Crippen molar-refractivity contribution in [1.29, 1.82) is 5.26 Å². The van der Waals surface area contributed by atoms with Gasteiger partial charge in [0.2, 0.25) is 0 Å². The van der Waals surface area contributed by atoms with Gasteiger partial charge in [0.25, 0.3) is 5.91 Å². The standard InChI is InChI=1S/C15H15ClN2O3/c1-18(10-4-9-17)14(19)11-21-15(20)8-7-12-5-2-3-6-13(12)16/h2-3,5-8H,4,10-11H2,1H3. The fourth-order valence-electron chi connectivity index (χ4n) is 1.40. The normalized spacial score (nSPS) is 10.1. The van der Waals surface area contributed by atoms with Crippen molar-refractivity contribution in [2.75, 3.05) is 20.2 Å². The minimum atomic E-state index is -0.628. The molecule has 1 rings (SSSR count). The molecule has 0 unspecified atom stereocenters. The highest BCUT2D eigenvalue weighted by Gasteiger charge is 2.10. The average Bonchev–Trinajstić information content (AvgIpc) is 2.49. The molecule has 21 heavy (non-hydrogen) atoms. The molecule has 110 valence electrons. The predicted octanol–water partition coefficient (Wildman–Crippen LogP) is 2.27. The van der Waals surface area contributed by atoms with Crippen LogP contribution in [0.3, 0.4) is 0 Å². The molecule has 0 N–H and O–H groups in total. The van der Waals surface area contributed by atoms with Crippen LogP contribution in [0.4, 0.5) is 0 Å².